The molecule has 0 aliphatic carbocycles. The van der Waals surface area contributed by atoms with Gasteiger partial charge in [-0.2, -0.15) is 0 Å². The van der Waals surface area contributed by atoms with Crippen LogP contribution in [0, 0.1) is 0 Å². The third kappa shape index (κ3) is 4.76. The minimum absolute atomic E-state index is 0.0519. The van der Waals surface area contributed by atoms with Gasteiger partial charge < -0.3 is 10.2 Å². The summed E-state index contributed by atoms with van der Waals surface area (Å²) in [6.45, 7) is 2.76. The average molecular weight is 389 g/mol. The van der Waals surface area contributed by atoms with E-state index < -0.39 is 0 Å². The highest BCUT2D eigenvalue weighted by Gasteiger charge is 2.16. The van der Waals surface area contributed by atoms with Gasteiger partial charge in [0.2, 0.25) is 11.8 Å². The number of amides is 2. The number of nitrogens with zero attached hydrogens (tertiary/aromatic N) is 1. The summed E-state index contributed by atoms with van der Waals surface area (Å²) in [5.74, 6) is -0.608. The Bertz CT molecular complexity index is 755. The predicted octanol–water partition coefficient (Wildman–Crippen LogP) is 3.64. The molecule has 2 aromatic carbocycles. The Kier molecular flexibility index (Phi) is 5.87. The minimum atomic E-state index is -0.303. The van der Waals surface area contributed by atoms with E-state index in [9.17, 15) is 14.4 Å². The van der Waals surface area contributed by atoms with Crippen molar-refractivity contribution in [2.45, 2.75) is 13.8 Å². The number of nitrogens with one attached hydrogen (secondary N) is 1. The molecule has 0 aliphatic rings. The molecule has 0 aliphatic heterocycles. The third-order valence-corrected chi connectivity index (χ3v) is 3.92. The van der Waals surface area contributed by atoms with Crippen LogP contribution in [0.5, 0.6) is 0 Å². The van der Waals surface area contributed by atoms with Crippen LogP contribution >= 0.6 is 15.9 Å². The van der Waals surface area contributed by atoms with Crippen molar-refractivity contribution in [3.05, 3.63) is 58.6 Å². The number of benzene rings is 2. The Hall–Kier alpha value is -2.47. The van der Waals surface area contributed by atoms with E-state index in [2.05, 4.69) is 21.2 Å². The van der Waals surface area contributed by atoms with Crippen LogP contribution < -0.4 is 10.2 Å². The number of Topliss-reactive ketones (excluding diaryl/α,β-unsaturated/α-hetero) is 1. The summed E-state index contributed by atoms with van der Waals surface area (Å²) in [6.07, 6.45) is 0. The maximum atomic E-state index is 12.2. The second-order valence-electron chi connectivity index (χ2n) is 5.26. The number of carbonyl (C=O) groups excluding carboxylic acids is 3. The fraction of sp³-hybridized carbons (Fsp3) is 0.167. The van der Waals surface area contributed by atoms with Gasteiger partial charge in [0.25, 0.3) is 0 Å². The van der Waals surface area contributed by atoms with Crippen LogP contribution in [0.4, 0.5) is 11.4 Å². The number of hydrogen-bond donors (Lipinski definition) is 1. The number of rotatable bonds is 5. The first-order valence-corrected chi connectivity index (χ1v) is 8.10. The summed E-state index contributed by atoms with van der Waals surface area (Å²) in [5.41, 5.74) is 1.78. The van der Waals surface area contributed by atoms with Crippen LogP contribution in [0.3, 0.4) is 0 Å². The summed E-state index contributed by atoms with van der Waals surface area (Å²) in [4.78, 5) is 36.7. The molecule has 0 atom stereocenters. The quantitative estimate of drug-likeness (QED) is 0.794. The molecule has 0 spiro atoms. The van der Waals surface area contributed by atoms with Crippen LogP contribution in [0.1, 0.15) is 24.2 Å². The molecule has 124 valence electrons. The average Bonchev–Trinajstić information content (AvgIpc) is 2.54. The smallest absolute Gasteiger partial charge is 0.244 e. The molecule has 2 rings (SSSR count). The van der Waals surface area contributed by atoms with Gasteiger partial charge in [-0.15, -0.1) is 0 Å². The van der Waals surface area contributed by atoms with Crippen molar-refractivity contribution in [1.29, 1.82) is 0 Å². The topological polar surface area (TPSA) is 66.5 Å². The first kappa shape index (κ1) is 17.9. The van der Waals surface area contributed by atoms with Crippen LogP contribution in [0.25, 0.3) is 0 Å². The molecule has 0 saturated heterocycles. The molecular weight excluding hydrogens is 372 g/mol. The van der Waals surface area contributed by atoms with Gasteiger partial charge in [-0.05, 0) is 55.5 Å². The summed E-state index contributed by atoms with van der Waals surface area (Å²) in [7, 11) is 0. The highest BCUT2D eigenvalue weighted by Crippen LogP contribution is 2.17. The number of halogens is 1. The highest BCUT2D eigenvalue weighted by molar-refractivity contribution is 9.10. The first-order valence-electron chi connectivity index (χ1n) is 7.31. The number of anilines is 2. The van der Waals surface area contributed by atoms with Gasteiger partial charge in [0.1, 0.15) is 6.54 Å². The van der Waals surface area contributed by atoms with Gasteiger partial charge in [-0.1, -0.05) is 15.9 Å². The maximum Gasteiger partial charge on any atom is 0.244 e. The van der Waals surface area contributed by atoms with Crippen molar-refractivity contribution in [3.8, 4) is 0 Å². The van der Waals surface area contributed by atoms with Crippen molar-refractivity contribution in [2.24, 2.45) is 0 Å². The zero-order chi connectivity index (χ0) is 17.7. The van der Waals surface area contributed by atoms with Gasteiger partial charge >= 0.3 is 0 Å². The summed E-state index contributed by atoms with van der Waals surface area (Å²) < 4.78 is 0.913. The van der Waals surface area contributed by atoms with E-state index in [1.807, 2.05) is 12.1 Å². The molecule has 5 nitrogen and oxygen atoms in total. The first-order chi connectivity index (χ1) is 11.4. The van der Waals surface area contributed by atoms with E-state index in [1.165, 1.54) is 18.7 Å². The van der Waals surface area contributed by atoms with Gasteiger partial charge in [0.05, 0.1) is 0 Å². The summed E-state index contributed by atoms with van der Waals surface area (Å²) >= 11 is 3.33. The van der Waals surface area contributed by atoms with Gasteiger partial charge in [-0.3, -0.25) is 14.4 Å². The number of hydrogen-bond acceptors (Lipinski definition) is 3. The fourth-order valence-corrected chi connectivity index (χ4v) is 2.40. The monoisotopic (exact) mass is 388 g/mol. The Morgan fingerprint density at radius 2 is 1.54 bits per heavy atom. The number of carbonyl (C=O) groups is 3. The summed E-state index contributed by atoms with van der Waals surface area (Å²) in [6, 6.07) is 13.8. The maximum absolute atomic E-state index is 12.2. The van der Waals surface area contributed by atoms with Crippen molar-refractivity contribution >= 4 is 44.9 Å². The van der Waals surface area contributed by atoms with Crippen LogP contribution in [-0.4, -0.2) is 24.1 Å². The fourth-order valence-electron chi connectivity index (χ4n) is 2.14. The van der Waals surface area contributed by atoms with Crippen LogP contribution in [0.15, 0.2) is 53.0 Å². The molecule has 6 heteroatoms. The molecular formula is C18H17BrN2O3. The van der Waals surface area contributed by atoms with Gasteiger partial charge in [0, 0.05) is 28.3 Å². The molecule has 2 amide bonds. The Balaban J connectivity index is 2.10. The van der Waals surface area contributed by atoms with Crippen molar-refractivity contribution < 1.29 is 14.4 Å². The second kappa shape index (κ2) is 7.88. The van der Waals surface area contributed by atoms with E-state index in [0.717, 1.165) is 4.47 Å². The molecule has 0 radical (unpaired) electrons. The van der Waals surface area contributed by atoms with Gasteiger partial charge in [-0.25, -0.2) is 0 Å². The van der Waals surface area contributed by atoms with Gasteiger partial charge in [0.15, 0.2) is 5.78 Å². The molecule has 0 heterocycles. The molecule has 0 aromatic heterocycles. The molecule has 0 bridgehead atoms. The Morgan fingerprint density at radius 3 is 2.04 bits per heavy atom. The normalized spacial score (nSPS) is 10.1. The lowest BCUT2D eigenvalue weighted by Gasteiger charge is -2.21. The van der Waals surface area contributed by atoms with Crippen molar-refractivity contribution in [3.63, 3.8) is 0 Å². The largest absolute Gasteiger partial charge is 0.325 e. The molecule has 0 unspecified atom stereocenters. The zero-order valence-electron chi connectivity index (χ0n) is 13.4. The highest BCUT2D eigenvalue weighted by atomic mass is 79.9. The molecule has 2 aromatic rings. The lowest BCUT2D eigenvalue weighted by atomic mass is 10.1. The standard InChI is InChI=1S/C18H17BrN2O3/c1-12(22)14-3-9-17(10-4-14)21(13(2)23)11-18(24)20-16-7-5-15(19)6-8-16/h3-10H,11H2,1-2H3,(H,20,24). The van der Waals surface area contributed by atoms with E-state index >= 15 is 0 Å². The van der Waals surface area contributed by atoms with Crippen molar-refractivity contribution in [1.82, 2.24) is 0 Å². The van der Waals surface area contributed by atoms with E-state index in [1.54, 1.807) is 36.4 Å². The number of ketones is 1. The third-order valence-electron chi connectivity index (χ3n) is 3.40. The van der Waals surface area contributed by atoms with Crippen LogP contribution in [-0.2, 0) is 9.59 Å². The SMILES string of the molecule is CC(=O)c1ccc(N(CC(=O)Nc2ccc(Br)cc2)C(C)=O)cc1. The molecule has 0 saturated carbocycles. The van der Waals surface area contributed by atoms with E-state index in [-0.39, 0.29) is 24.1 Å². The Labute approximate surface area is 148 Å². The molecule has 24 heavy (non-hydrogen) atoms. The van der Waals surface area contributed by atoms with Crippen molar-refractivity contribution in [2.75, 3.05) is 16.8 Å². The van der Waals surface area contributed by atoms with Crippen LogP contribution in [0.2, 0.25) is 0 Å². The Morgan fingerprint density at radius 1 is 0.958 bits per heavy atom. The molecule has 0 fully saturated rings. The summed E-state index contributed by atoms with van der Waals surface area (Å²) in [5, 5.41) is 2.75. The molecule has 1 N–H and O–H groups in total. The zero-order valence-corrected chi connectivity index (χ0v) is 15.0. The van der Waals surface area contributed by atoms with E-state index in [0.29, 0.717) is 16.9 Å². The minimum Gasteiger partial charge on any atom is -0.325 e. The van der Waals surface area contributed by atoms with E-state index in [4.69, 9.17) is 0 Å². The second-order valence-corrected chi connectivity index (χ2v) is 6.18. The predicted molar refractivity (Wildman–Crippen MR) is 97.2 cm³/mol. The lowest BCUT2D eigenvalue weighted by molar-refractivity contribution is -0.120. The lowest BCUT2D eigenvalue weighted by Crippen LogP contribution is -2.36.